The van der Waals surface area contributed by atoms with Gasteiger partial charge in [0.25, 0.3) is 5.56 Å². The third-order valence-electron chi connectivity index (χ3n) is 4.95. The van der Waals surface area contributed by atoms with Crippen LogP contribution in [0.3, 0.4) is 0 Å². The number of carbonyl (C=O) groups excluding carboxylic acids is 1. The lowest BCUT2D eigenvalue weighted by atomic mass is 10.3. The lowest BCUT2D eigenvalue weighted by Gasteiger charge is -2.15. The summed E-state index contributed by atoms with van der Waals surface area (Å²) < 4.78 is 13.5. The average molecular weight is 511 g/mol. The first-order valence-corrected chi connectivity index (χ1v) is 12.2. The van der Waals surface area contributed by atoms with Gasteiger partial charge in [-0.2, -0.15) is 0 Å². The number of hydrogen-bond acceptors (Lipinski definition) is 8. The fourth-order valence-corrected chi connectivity index (χ4v) is 4.11. The van der Waals surface area contributed by atoms with E-state index in [0.29, 0.717) is 22.5 Å². The first kappa shape index (κ1) is 25.9. The van der Waals surface area contributed by atoms with E-state index in [1.807, 2.05) is 0 Å². The highest BCUT2D eigenvalue weighted by molar-refractivity contribution is 7.99. The molecule has 184 valence electrons. The summed E-state index contributed by atoms with van der Waals surface area (Å²) >= 11 is 6.94. The number of rotatable bonds is 12. The number of benzene rings is 1. The van der Waals surface area contributed by atoms with Gasteiger partial charge in [-0.1, -0.05) is 43.1 Å². The highest BCUT2D eigenvalue weighted by Crippen LogP contribution is 2.23. The van der Waals surface area contributed by atoms with Gasteiger partial charge in [0.2, 0.25) is 0 Å². The van der Waals surface area contributed by atoms with Crippen molar-refractivity contribution in [3.05, 3.63) is 50.1 Å². The smallest absolute Gasteiger partial charge is 0.329 e. The minimum Gasteiger partial charge on any atom is -0.491 e. The fraction of sp³-hybridized carbons (Fsp3) is 0.455. The van der Waals surface area contributed by atoms with Crippen LogP contribution in [-0.2, 0) is 23.1 Å². The van der Waals surface area contributed by atoms with Crippen molar-refractivity contribution in [3.63, 3.8) is 0 Å². The second-order valence-corrected chi connectivity index (χ2v) is 9.01. The molecule has 34 heavy (non-hydrogen) atoms. The van der Waals surface area contributed by atoms with Gasteiger partial charge in [-0.15, -0.1) is 0 Å². The van der Waals surface area contributed by atoms with Crippen LogP contribution in [0, 0.1) is 0 Å². The van der Waals surface area contributed by atoms with Crippen LogP contribution >= 0.6 is 23.4 Å². The summed E-state index contributed by atoms with van der Waals surface area (Å²) in [6, 6.07) is 6.69. The van der Waals surface area contributed by atoms with E-state index in [1.54, 1.807) is 24.3 Å². The van der Waals surface area contributed by atoms with E-state index >= 15 is 0 Å². The van der Waals surface area contributed by atoms with Crippen molar-refractivity contribution in [2.75, 3.05) is 19.0 Å². The molecule has 1 aromatic carbocycles. The molecule has 0 aliphatic rings. The van der Waals surface area contributed by atoms with Crippen molar-refractivity contribution in [2.24, 2.45) is 7.05 Å². The SMILES string of the molecule is CCCCCOC(=O)CSc1nc2c(c(=O)[nH]c(=O)n2C)n1CC(O)COc1ccc(Cl)cc1. The molecule has 0 amide bonds. The van der Waals surface area contributed by atoms with Gasteiger partial charge in [-0.25, -0.2) is 9.78 Å². The van der Waals surface area contributed by atoms with Crippen molar-refractivity contribution < 1.29 is 19.4 Å². The molecule has 0 fully saturated rings. The normalized spacial score (nSPS) is 12.1. The molecule has 0 aliphatic carbocycles. The molecule has 1 atom stereocenters. The number of nitrogens with zero attached hydrogens (tertiary/aromatic N) is 3. The Morgan fingerprint density at radius 1 is 1.26 bits per heavy atom. The summed E-state index contributed by atoms with van der Waals surface area (Å²) in [6.07, 6.45) is 1.78. The Bertz CT molecular complexity index is 1240. The third-order valence-corrected chi connectivity index (χ3v) is 6.15. The number of carbonyl (C=O) groups is 1. The van der Waals surface area contributed by atoms with Crippen molar-refractivity contribution in [1.82, 2.24) is 19.1 Å². The van der Waals surface area contributed by atoms with Crippen LogP contribution in [0.15, 0.2) is 39.0 Å². The predicted molar refractivity (Wildman–Crippen MR) is 130 cm³/mol. The summed E-state index contributed by atoms with van der Waals surface area (Å²) in [5, 5.41) is 11.5. The molecule has 0 saturated heterocycles. The lowest BCUT2D eigenvalue weighted by Crippen LogP contribution is -2.30. The highest BCUT2D eigenvalue weighted by Gasteiger charge is 2.21. The van der Waals surface area contributed by atoms with E-state index in [4.69, 9.17) is 21.1 Å². The number of esters is 1. The molecule has 1 unspecified atom stereocenters. The number of ether oxygens (including phenoxy) is 2. The molecule has 0 aliphatic heterocycles. The first-order chi connectivity index (χ1) is 16.3. The molecule has 2 heterocycles. The fourth-order valence-electron chi connectivity index (χ4n) is 3.18. The van der Waals surface area contributed by atoms with Gasteiger partial charge in [0.15, 0.2) is 16.3 Å². The number of halogens is 1. The zero-order valence-electron chi connectivity index (χ0n) is 19.0. The Labute approximate surface area is 204 Å². The van der Waals surface area contributed by atoms with Gasteiger partial charge in [-0.05, 0) is 30.7 Å². The largest absolute Gasteiger partial charge is 0.491 e. The number of imidazole rings is 1. The Kier molecular flexibility index (Phi) is 9.20. The second-order valence-electron chi connectivity index (χ2n) is 7.63. The molecule has 10 nitrogen and oxygen atoms in total. The lowest BCUT2D eigenvalue weighted by molar-refractivity contribution is -0.140. The van der Waals surface area contributed by atoms with E-state index in [1.165, 1.54) is 16.2 Å². The van der Waals surface area contributed by atoms with Crippen LogP contribution in [0.5, 0.6) is 5.75 Å². The van der Waals surface area contributed by atoms with Crippen molar-refractivity contribution in [2.45, 2.75) is 44.0 Å². The molecule has 2 N–H and O–H groups in total. The third kappa shape index (κ3) is 6.64. The minimum atomic E-state index is -1.01. The summed E-state index contributed by atoms with van der Waals surface area (Å²) in [7, 11) is 1.48. The number of aromatic amines is 1. The minimum absolute atomic E-state index is 0.0291. The predicted octanol–water partition coefficient (Wildman–Crippen LogP) is 2.34. The number of H-pyrrole nitrogens is 1. The van der Waals surface area contributed by atoms with E-state index in [0.717, 1.165) is 31.0 Å². The summed E-state index contributed by atoms with van der Waals surface area (Å²) in [5.41, 5.74) is -0.976. The Balaban J connectivity index is 1.77. The van der Waals surface area contributed by atoms with Crippen molar-refractivity contribution in [1.29, 1.82) is 0 Å². The molecule has 0 spiro atoms. The number of aromatic nitrogens is 4. The average Bonchev–Trinajstić information content (AvgIpc) is 3.17. The number of hydrogen-bond donors (Lipinski definition) is 2. The standard InChI is InChI=1S/C22H27ClN4O6S/c1-3-4-5-10-32-17(29)13-34-22-24-19-18(20(30)25-21(31)26(19)2)27(22)11-15(28)12-33-16-8-6-14(23)7-9-16/h6-9,15,28H,3-5,10-13H2,1-2H3,(H,25,30,31). The van der Waals surface area contributed by atoms with Crippen LogP contribution in [0.2, 0.25) is 5.02 Å². The summed E-state index contributed by atoms with van der Waals surface area (Å²) in [5.74, 6) is 0.0901. The Morgan fingerprint density at radius 3 is 2.71 bits per heavy atom. The Hall–Kier alpha value is -2.76. The quantitative estimate of drug-likeness (QED) is 0.216. The number of thioether (sulfide) groups is 1. The highest BCUT2D eigenvalue weighted by atomic mass is 35.5. The number of aliphatic hydroxyl groups is 1. The van der Waals surface area contributed by atoms with Crippen LogP contribution < -0.4 is 16.0 Å². The molecule has 0 radical (unpaired) electrons. The van der Waals surface area contributed by atoms with Gasteiger partial charge >= 0.3 is 11.7 Å². The maximum atomic E-state index is 12.6. The van der Waals surface area contributed by atoms with Gasteiger partial charge < -0.3 is 19.1 Å². The number of aliphatic hydroxyl groups excluding tert-OH is 1. The zero-order valence-corrected chi connectivity index (χ0v) is 20.5. The van der Waals surface area contributed by atoms with Gasteiger partial charge in [0, 0.05) is 12.1 Å². The summed E-state index contributed by atoms with van der Waals surface area (Å²) in [4.78, 5) is 43.3. The molecular formula is C22H27ClN4O6S. The van der Waals surface area contributed by atoms with Crippen molar-refractivity contribution in [3.8, 4) is 5.75 Å². The van der Waals surface area contributed by atoms with E-state index in [-0.39, 0.29) is 30.1 Å². The molecule has 0 bridgehead atoms. The molecule has 12 heteroatoms. The number of aryl methyl sites for hydroxylation is 1. The second kappa shape index (κ2) is 12.1. The molecule has 3 rings (SSSR count). The van der Waals surface area contributed by atoms with Crippen LogP contribution in [0.25, 0.3) is 11.2 Å². The Morgan fingerprint density at radius 2 is 2.00 bits per heavy atom. The van der Waals surface area contributed by atoms with Crippen LogP contribution in [0.4, 0.5) is 0 Å². The number of unbranched alkanes of at least 4 members (excludes halogenated alkanes) is 2. The summed E-state index contributed by atoms with van der Waals surface area (Å²) in [6.45, 7) is 2.30. The van der Waals surface area contributed by atoms with E-state index in [2.05, 4.69) is 16.9 Å². The maximum Gasteiger partial charge on any atom is 0.329 e. The van der Waals surface area contributed by atoms with Crippen LogP contribution in [-0.4, -0.2) is 55.2 Å². The van der Waals surface area contributed by atoms with Gasteiger partial charge in [0.1, 0.15) is 18.5 Å². The molecule has 3 aromatic rings. The van der Waals surface area contributed by atoms with Crippen LogP contribution in [0.1, 0.15) is 26.2 Å². The number of fused-ring (bicyclic) bond motifs is 1. The maximum absolute atomic E-state index is 12.6. The molecule has 0 saturated carbocycles. The van der Waals surface area contributed by atoms with E-state index in [9.17, 15) is 19.5 Å². The first-order valence-electron chi connectivity index (χ1n) is 10.8. The topological polar surface area (TPSA) is 128 Å². The zero-order chi connectivity index (χ0) is 24.7. The van der Waals surface area contributed by atoms with Crippen molar-refractivity contribution >= 4 is 40.5 Å². The van der Waals surface area contributed by atoms with Gasteiger partial charge in [-0.3, -0.25) is 19.1 Å². The molecular weight excluding hydrogens is 484 g/mol. The number of nitrogens with one attached hydrogen (secondary N) is 1. The van der Waals surface area contributed by atoms with Gasteiger partial charge in [0.05, 0.1) is 18.9 Å². The monoisotopic (exact) mass is 510 g/mol. The molecule has 2 aromatic heterocycles. The van der Waals surface area contributed by atoms with E-state index < -0.39 is 23.3 Å².